The molecule has 10 heavy (non-hydrogen) atoms. The molecule has 0 fully saturated rings. The molecular weight excluding hydrogens is 128 g/mol. The largest absolute Gasteiger partial charge is 0.355 e. The Morgan fingerprint density at radius 2 is 2.10 bits per heavy atom. The standard InChI is InChI=1S/C8H15O2/c1-3-7(2)5-4-6-8(9)10/h7H,3-6H2,1-2H3. The molecule has 0 aliphatic carbocycles. The summed E-state index contributed by atoms with van der Waals surface area (Å²) in [6, 6.07) is 0. The lowest BCUT2D eigenvalue weighted by Gasteiger charge is -2.04. The SMILES string of the molecule is CCC(C)CCCC([O])=O. The van der Waals surface area contributed by atoms with Gasteiger partial charge in [0.2, 0.25) is 0 Å². The van der Waals surface area contributed by atoms with Crippen LogP contribution in [0.2, 0.25) is 0 Å². The molecule has 0 aliphatic heterocycles. The second kappa shape index (κ2) is 5.27. The van der Waals surface area contributed by atoms with Gasteiger partial charge in [-0.25, -0.2) is 9.90 Å². The summed E-state index contributed by atoms with van der Waals surface area (Å²) in [5, 5.41) is 9.96. The van der Waals surface area contributed by atoms with E-state index in [1.807, 2.05) is 0 Å². The quantitative estimate of drug-likeness (QED) is 0.581. The summed E-state index contributed by atoms with van der Waals surface area (Å²) < 4.78 is 0. The minimum absolute atomic E-state index is 0.213. The maximum absolute atomic E-state index is 9.96. The van der Waals surface area contributed by atoms with Crippen molar-refractivity contribution in [2.75, 3.05) is 0 Å². The van der Waals surface area contributed by atoms with E-state index < -0.39 is 5.97 Å². The normalized spacial score (nSPS) is 13.0. The highest BCUT2D eigenvalue weighted by Crippen LogP contribution is 2.10. The zero-order chi connectivity index (χ0) is 7.98. The first-order chi connectivity index (χ1) is 4.66. The van der Waals surface area contributed by atoms with E-state index in [2.05, 4.69) is 13.8 Å². The molecule has 0 aromatic carbocycles. The molecule has 0 aromatic heterocycles. The summed E-state index contributed by atoms with van der Waals surface area (Å²) in [6.45, 7) is 4.25. The van der Waals surface area contributed by atoms with Crippen molar-refractivity contribution in [3.8, 4) is 0 Å². The van der Waals surface area contributed by atoms with Crippen molar-refractivity contribution >= 4 is 5.97 Å². The third-order valence-electron chi connectivity index (χ3n) is 1.77. The molecule has 0 amide bonds. The van der Waals surface area contributed by atoms with Crippen LogP contribution >= 0.6 is 0 Å². The first kappa shape index (κ1) is 9.47. The molecule has 59 valence electrons. The van der Waals surface area contributed by atoms with E-state index in [1.165, 1.54) is 0 Å². The average Bonchev–Trinajstić information content (AvgIpc) is 1.87. The summed E-state index contributed by atoms with van der Waals surface area (Å²) in [4.78, 5) is 9.96. The number of carbonyl (C=O) groups excluding carboxylic acids is 1. The summed E-state index contributed by atoms with van der Waals surface area (Å²) in [5.41, 5.74) is 0. The second-order valence-electron chi connectivity index (χ2n) is 2.78. The predicted molar refractivity (Wildman–Crippen MR) is 39.0 cm³/mol. The molecule has 0 aromatic rings. The lowest BCUT2D eigenvalue weighted by molar-refractivity contribution is -0.143. The highest BCUT2D eigenvalue weighted by Gasteiger charge is 2.02. The van der Waals surface area contributed by atoms with Crippen LogP contribution in [-0.2, 0) is 9.90 Å². The van der Waals surface area contributed by atoms with Crippen LogP contribution in [0.1, 0.15) is 39.5 Å². The minimum Gasteiger partial charge on any atom is -0.247 e. The number of carbonyl (C=O) groups is 1. The Kier molecular flexibility index (Phi) is 4.99. The maximum atomic E-state index is 9.96. The first-order valence-corrected chi connectivity index (χ1v) is 3.86. The van der Waals surface area contributed by atoms with E-state index >= 15 is 0 Å². The van der Waals surface area contributed by atoms with Gasteiger partial charge in [-0.05, 0) is 12.3 Å². The van der Waals surface area contributed by atoms with E-state index in [4.69, 9.17) is 0 Å². The summed E-state index contributed by atoms with van der Waals surface area (Å²) >= 11 is 0. The van der Waals surface area contributed by atoms with E-state index in [9.17, 15) is 9.90 Å². The Morgan fingerprint density at radius 3 is 2.50 bits per heavy atom. The van der Waals surface area contributed by atoms with E-state index in [0.717, 1.165) is 19.3 Å². The fourth-order valence-corrected chi connectivity index (χ4v) is 0.799. The van der Waals surface area contributed by atoms with Gasteiger partial charge in [-0.1, -0.05) is 26.7 Å². The third-order valence-corrected chi connectivity index (χ3v) is 1.77. The van der Waals surface area contributed by atoms with Gasteiger partial charge in [0, 0.05) is 0 Å². The zero-order valence-electron chi connectivity index (χ0n) is 6.72. The van der Waals surface area contributed by atoms with Gasteiger partial charge in [0.25, 0.3) is 0 Å². The molecule has 0 rings (SSSR count). The molecular formula is C8H15O2. The van der Waals surface area contributed by atoms with Crippen LogP contribution < -0.4 is 0 Å². The van der Waals surface area contributed by atoms with Gasteiger partial charge in [0.05, 0.1) is 6.42 Å². The lowest BCUT2D eigenvalue weighted by atomic mass is 10.0. The smallest absolute Gasteiger partial charge is 0.247 e. The van der Waals surface area contributed by atoms with Crippen LogP contribution in [0.25, 0.3) is 0 Å². The topological polar surface area (TPSA) is 37.0 Å². The molecule has 1 radical (unpaired) electrons. The van der Waals surface area contributed by atoms with Crippen LogP contribution in [0.15, 0.2) is 0 Å². The summed E-state index contributed by atoms with van der Waals surface area (Å²) in [5.74, 6) is -0.275. The van der Waals surface area contributed by atoms with E-state index in [1.54, 1.807) is 0 Å². The average molecular weight is 143 g/mol. The molecule has 0 N–H and O–H groups in total. The minimum atomic E-state index is -0.927. The Balaban J connectivity index is 3.11. The van der Waals surface area contributed by atoms with Crippen molar-refractivity contribution in [3.05, 3.63) is 0 Å². The van der Waals surface area contributed by atoms with Crippen molar-refractivity contribution in [2.24, 2.45) is 5.92 Å². The number of hydrogen-bond acceptors (Lipinski definition) is 1. The van der Waals surface area contributed by atoms with Gasteiger partial charge in [-0.3, -0.25) is 0 Å². The predicted octanol–water partition coefficient (Wildman–Crippen LogP) is 2.16. The fraction of sp³-hybridized carbons (Fsp3) is 0.875. The molecule has 2 nitrogen and oxygen atoms in total. The number of rotatable bonds is 5. The number of hydrogen-bond donors (Lipinski definition) is 0. The van der Waals surface area contributed by atoms with Crippen molar-refractivity contribution in [2.45, 2.75) is 39.5 Å². The van der Waals surface area contributed by atoms with E-state index in [-0.39, 0.29) is 6.42 Å². The summed E-state index contributed by atoms with van der Waals surface area (Å²) in [7, 11) is 0. The molecule has 1 atom stereocenters. The zero-order valence-corrected chi connectivity index (χ0v) is 6.72. The van der Waals surface area contributed by atoms with Crippen molar-refractivity contribution in [3.63, 3.8) is 0 Å². The second-order valence-corrected chi connectivity index (χ2v) is 2.78. The van der Waals surface area contributed by atoms with E-state index in [0.29, 0.717) is 5.92 Å². The molecule has 0 aliphatic rings. The van der Waals surface area contributed by atoms with Crippen LogP contribution in [0.5, 0.6) is 0 Å². The van der Waals surface area contributed by atoms with Crippen molar-refractivity contribution < 1.29 is 9.90 Å². The molecule has 0 saturated heterocycles. The van der Waals surface area contributed by atoms with Crippen LogP contribution in [0, 0.1) is 5.92 Å². The monoisotopic (exact) mass is 143 g/mol. The van der Waals surface area contributed by atoms with Crippen LogP contribution in [0.4, 0.5) is 0 Å². The summed E-state index contributed by atoms with van der Waals surface area (Å²) in [6.07, 6.45) is 3.11. The van der Waals surface area contributed by atoms with Crippen molar-refractivity contribution in [1.29, 1.82) is 0 Å². The Labute approximate surface area is 62.2 Å². The van der Waals surface area contributed by atoms with Gasteiger partial charge in [-0.15, -0.1) is 0 Å². The molecule has 0 heterocycles. The molecule has 1 unspecified atom stereocenters. The van der Waals surface area contributed by atoms with Crippen LogP contribution in [-0.4, -0.2) is 5.97 Å². The van der Waals surface area contributed by atoms with Gasteiger partial charge in [0.15, 0.2) is 0 Å². The Hall–Kier alpha value is -0.530. The van der Waals surface area contributed by atoms with Gasteiger partial charge in [-0.2, -0.15) is 0 Å². The molecule has 0 spiro atoms. The molecule has 0 saturated carbocycles. The van der Waals surface area contributed by atoms with Crippen molar-refractivity contribution in [1.82, 2.24) is 0 Å². The highest BCUT2D eigenvalue weighted by molar-refractivity contribution is 5.66. The molecule has 0 bridgehead atoms. The van der Waals surface area contributed by atoms with Gasteiger partial charge in [0.1, 0.15) is 0 Å². The van der Waals surface area contributed by atoms with Gasteiger partial charge < -0.3 is 0 Å². The maximum Gasteiger partial charge on any atom is 0.355 e. The third kappa shape index (κ3) is 5.60. The Bertz CT molecular complexity index is 99.4. The van der Waals surface area contributed by atoms with Crippen LogP contribution in [0.3, 0.4) is 0 Å². The molecule has 2 heteroatoms. The Morgan fingerprint density at radius 1 is 1.50 bits per heavy atom. The fourth-order valence-electron chi connectivity index (χ4n) is 0.799. The first-order valence-electron chi connectivity index (χ1n) is 3.86. The van der Waals surface area contributed by atoms with Gasteiger partial charge >= 0.3 is 5.97 Å². The lowest BCUT2D eigenvalue weighted by Crippen LogP contribution is -1.96. The highest BCUT2D eigenvalue weighted by atomic mass is 16.4.